The SMILES string of the molecule is N[C@H]1CCN([B]C=O)C1. The fourth-order valence-corrected chi connectivity index (χ4v) is 1.04. The lowest BCUT2D eigenvalue weighted by molar-refractivity contribution is 0.533. The van der Waals surface area contributed by atoms with Crippen molar-refractivity contribution in [2.45, 2.75) is 12.5 Å². The summed E-state index contributed by atoms with van der Waals surface area (Å²) < 4.78 is 0. The number of carbonyl (C=O) groups is 1. The summed E-state index contributed by atoms with van der Waals surface area (Å²) in [5.74, 6) is 0. The molecule has 0 aliphatic carbocycles. The molecule has 0 aromatic carbocycles. The summed E-state index contributed by atoms with van der Waals surface area (Å²) in [5, 5.41) is 0. The van der Waals surface area contributed by atoms with Gasteiger partial charge in [0.25, 0.3) is 7.41 Å². The summed E-state index contributed by atoms with van der Waals surface area (Å²) in [6.07, 6.45) is 1.81. The van der Waals surface area contributed by atoms with E-state index in [-0.39, 0.29) is 6.04 Å². The van der Waals surface area contributed by atoms with Crippen molar-refractivity contribution in [1.82, 2.24) is 4.81 Å². The predicted octanol–water partition coefficient (Wildman–Crippen LogP) is -1.17. The second-order valence-electron chi connectivity index (χ2n) is 2.33. The van der Waals surface area contributed by atoms with Crippen LogP contribution in [0.3, 0.4) is 0 Å². The molecule has 0 unspecified atom stereocenters. The van der Waals surface area contributed by atoms with Gasteiger partial charge in [0.1, 0.15) is 0 Å². The number of nitrogens with zero attached hydrogens (tertiary/aromatic N) is 1. The normalized spacial score (nSPS) is 28.3. The van der Waals surface area contributed by atoms with Crippen LogP contribution >= 0.6 is 0 Å². The molecular formula is C5H10BN2O. The molecule has 1 aliphatic rings. The highest BCUT2D eigenvalue weighted by molar-refractivity contribution is 6.64. The minimum atomic E-state index is 0.265. The van der Waals surface area contributed by atoms with Crippen LogP contribution in [-0.2, 0) is 4.79 Å². The summed E-state index contributed by atoms with van der Waals surface area (Å²) in [5.41, 5.74) is 5.58. The van der Waals surface area contributed by atoms with Crippen LogP contribution in [-0.4, -0.2) is 37.5 Å². The summed E-state index contributed by atoms with van der Waals surface area (Å²) in [6.45, 7) is 1.76. The van der Waals surface area contributed by atoms with Crippen LogP contribution < -0.4 is 5.73 Å². The minimum absolute atomic E-state index is 0.265. The van der Waals surface area contributed by atoms with E-state index in [0.29, 0.717) is 0 Å². The zero-order valence-corrected chi connectivity index (χ0v) is 5.29. The van der Waals surface area contributed by atoms with Crippen LogP contribution in [0.4, 0.5) is 0 Å². The van der Waals surface area contributed by atoms with E-state index in [9.17, 15) is 4.79 Å². The maximum absolute atomic E-state index is 9.93. The van der Waals surface area contributed by atoms with Crippen LogP contribution in [0.25, 0.3) is 0 Å². The van der Waals surface area contributed by atoms with Crippen LogP contribution in [0.5, 0.6) is 0 Å². The van der Waals surface area contributed by atoms with E-state index >= 15 is 0 Å². The molecule has 1 aliphatic heterocycles. The van der Waals surface area contributed by atoms with Gasteiger partial charge in [-0.05, 0) is 13.0 Å². The molecule has 0 amide bonds. The Balaban J connectivity index is 2.21. The van der Waals surface area contributed by atoms with Crippen molar-refractivity contribution >= 4 is 13.6 Å². The maximum Gasteiger partial charge on any atom is 0.293 e. The number of carbonyl (C=O) groups excluding carboxylic acids is 1. The second-order valence-corrected chi connectivity index (χ2v) is 2.33. The largest absolute Gasteiger partial charge is 0.338 e. The summed E-state index contributed by atoms with van der Waals surface area (Å²) >= 11 is 0. The van der Waals surface area contributed by atoms with Gasteiger partial charge in [-0.2, -0.15) is 0 Å². The average molecular weight is 125 g/mol. The molecule has 49 valence electrons. The lowest BCUT2D eigenvalue weighted by atomic mass is 9.96. The van der Waals surface area contributed by atoms with Gasteiger partial charge in [-0.15, -0.1) is 0 Å². The Hall–Kier alpha value is -0.345. The van der Waals surface area contributed by atoms with Crippen LogP contribution in [0, 0.1) is 0 Å². The highest BCUT2D eigenvalue weighted by Crippen LogP contribution is 2.03. The number of rotatable bonds is 2. The van der Waals surface area contributed by atoms with Gasteiger partial charge in [-0.25, -0.2) is 0 Å². The lowest BCUT2D eigenvalue weighted by Gasteiger charge is -2.07. The molecule has 4 heteroatoms. The molecule has 1 heterocycles. The Labute approximate surface area is 55.5 Å². The van der Waals surface area contributed by atoms with Crippen molar-refractivity contribution in [3.05, 3.63) is 0 Å². The number of hydrogen-bond acceptors (Lipinski definition) is 3. The second kappa shape index (κ2) is 2.99. The zero-order chi connectivity index (χ0) is 6.69. The van der Waals surface area contributed by atoms with Crippen LogP contribution in [0.2, 0.25) is 0 Å². The third kappa shape index (κ3) is 1.80. The van der Waals surface area contributed by atoms with Gasteiger partial charge in [-0.1, -0.05) is 0 Å². The van der Waals surface area contributed by atoms with Crippen molar-refractivity contribution < 1.29 is 4.79 Å². The highest BCUT2D eigenvalue weighted by atomic mass is 16.1. The predicted molar refractivity (Wildman–Crippen MR) is 36.7 cm³/mol. The Morgan fingerprint density at radius 2 is 2.56 bits per heavy atom. The van der Waals surface area contributed by atoms with Gasteiger partial charge in [-0.3, -0.25) is 0 Å². The summed E-state index contributed by atoms with van der Waals surface area (Å²) in [4.78, 5) is 11.9. The smallest absolute Gasteiger partial charge is 0.293 e. The van der Waals surface area contributed by atoms with Crippen molar-refractivity contribution in [2.24, 2.45) is 5.73 Å². The van der Waals surface area contributed by atoms with E-state index in [1.165, 1.54) is 0 Å². The zero-order valence-electron chi connectivity index (χ0n) is 5.29. The first-order chi connectivity index (χ1) is 4.33. The van der Waals surface area contributed by atoms with E-state index in [2.05, 4.69) is 0 Å². The van der Waals surface area contributed by atoms with Crippen molar-refractivity contribution in [3.8, 4) is 0 Å². The summed E-state index contributed by atoms with van der Waals surface area (Å²) in [7, 11) is 1.55. The third-order valence-corrected chi connectivity index (χ3v) is 1.53. The molecular weight excluding hydrogens is 115 g/mol. The fourth-order valence-electron chi connectivity index (χ4n) is 1.04. The topological polar surface area (TPSA) is 46.3 Å². The Kier molecular flexibility index (Phi) is 2.25. The quantitative estimate of drug-likeness (QED) is 0.373. The van der Waals surface area contributed by atoms with Crippen LogP contribution in [0.15, 0.2) is 0 Å². The molecule has 0 bridgehead atoms. The van der Waals surface area contributed by atoms with Gasteiger partial charge < -0.3 is 15.3 Å². The Morgan fingerprint density at radius 3 is 3.00 bits per heavy atom. The minimum Gasteiger partial charge on any atom is -0.338 e. The molecule has 1 saturated heterocycles. The molecule has 0 aromatic heterocycles. The van der Waals surface area contributed by atoms with Gasteiger partial charge in [0.05, 0.1) is 6.19 Å². The van der Waals surface area contributed by atoms with Crippen molar-refractivity contribution in [3.63, 3.8) is 0 Å². The Morgan fingerprint density at radius 1 is 1.78 bits per heavy atom. The van der Waals surface area contributed by atoms with E-state index in [4.69, 9.17) is 5.73 Å². The van der Waals surface area contributed by atoms with Crippen LogP contribution in [0.1, 0.15) is 6.42 Å². The van der Waals surface area contributed by atoms with E-state index in [1.807, 2.05) is 4.81 Å². The van der Waals surface area contributed by atoms with E-state index < -0.39 is 0 Å². The van der Waals surface area contributed by atoms with Crippen molar-refractivity contribution in [2.75, 3.05) is 13.1 Å². The molecule has 1 radical (unpaired) electrons. The monoisotopic (exact) mass is 125 g/mol. The molecule has 3 nitrogen and oxygen atoms in total. The molecule has 0 spiro atoms. The highest BCUT2D eigenvalue weighted by Gasteiger charge is 2.18. The summed E-state index contributed by atoms with van der Waals surface area (Å²) in [6, 6.07) is 0.265. The molecule has 1 atom stereocenters. The first-order valence-corrected chi connectivity index (χ1v) is 3.11. The van der Waals surface area contributed by atoms with Gasteiger partial charge in [0.2, 0.25) is 0 Å². The Bertz CT molecular complexity index is 109. The van der Waals surface area contributed by atoms with E-state index in [0.717, 1.165) is 25.7 Å². The number of nitrogens with two attached hydrogens (primary N) is 1. The number of hydrogen-bond donors (Lipinski definition) is 1. The fraction of sp³-hybridized carbons (Fsp3) is 0.800. The lowest BCUT2D eigenvalue weighted by Crippen LogP contribution is -2.30. The first-order valence-electron chi connectivity index (χ1n) is 3.11. The standard InChI is InChI=1S/C5H10BN2O/c7-5-1-2-8(3-5)6-4-9/h4-5H,1-3,7H2/t5-/m0/s1. The first kappa shape index (κ1) is 6.77. The maximum atomic E-state index is 9.93. The average Bonchev–Trinajstić information content (AvgIpc) is 2.17. The van der Waals surface area contributed by atoms with Gasteiger partial charge >= 0.3 is 0 Å². The van der Waals surface area contributed by atoms with E-state index in [1.54, 1.807) is 7.41 Å². The molecule has 0 saturated carbocycles. The molecule has 0 aromatic rings. The van der Waals surface area contributed by atoms with Crippen molar-refractivity contribution in [1.29, 1.82) is 0 Å². The molecule has 1 rings (SSSR count). The van der Waals surface area contributed by atoms with Gasteiger partial charge in [0.15, 0.2) is 0 Å². The molecule has 1 fully saturated rings. The molecule has 9 heavy (non-hydrogen) atoms. The molecule has 2 N–H and O–H groups in total. The van der Waals surface area contributed by atoms with Gasteiger partial charge in [0, 0.05) is 12.6 Å². The third-order valence-electron chi connectivity index (χ3n) is 1.53.